The van der Waals surface area contributed by atoms with Crippen LogP contribution in [0.5, 0.6) is 0 Å². The summed E-state index contributed by atoms with van der Waals surface area (Å²) in [6.45, 7) is 0.474. The van der Waals surface area contributed by atoms with E-state index in [4.69, 9.17) is 5.11 Å². The van der Waals surface area contributed by atoms with Gasteiger partial charge < -0.3 is 10.4 Å². The molecule has 0 aliphatic heterocycles. The van der Waals surface area contributed by atoms with E-state index in [0.717, 1.165) is 6.42 Å². The number of nitrogens with one attached hydrogen (secondary N) is 1. The van der Waals surface area contributed by atoms with Gasteiger partial charge in [0.1, 0.15) is 0 Å². The molecular formula is C11H18F3NO2. The van der Waals surface area contributed by atoms with Crippen LogP contribution >= 0.6 is 0 Å². The standard InChI is InChI=1S/C11H18F3NO2/c12-11(13,14)8-3-1-4-9(7-8)15-6-2-5-10(16)17/h8-9,15H,1-7H2,(H,16,17). The van der Waals surface area contributed by atoms with Crippen molar-refractivity contribution in [3.05, 3.63) is 0 Å². The quantitative estimate of drug-likeness (QED) is 0.740. The lowest BCUT2D eigenvalue weighted by Gasteiger charge is -2.31. The second-order valence-corrected chi connectivity index (χ2v) is 4.55. The number of halogens is 3. The Morgan fingerprint density at radius 2 is 2.06 bits per heavy atom. The van der Waals surface area contributed by atoms with Gasteiger partial charge in [0, 0.05) is 12.5 Å². The largest absolute Gasteiger partial charge is 0.481 e. The van der Waals surface area contributed by atoms with Crippen molar-refractivity contribution < 1.29 is 23.1 Å². The van der Waals surface area contributed by atoms with Gasteiger partial charge >= 0.3 is 12.1 Å². The maximum absolute atomic E-state index is 12.5. The van der Waals surface area contributed by atoms with Crippen molar-refractivity contribution in [3.8, 4) is 0 Å². The molecule has 0 aromatic heterocycles. The summed E-state index contributed by atoms with van der Waals surface area (Å²) in [6.07, 6.45) is -1.90. The fourth-order valence-electron chi connectivity index (χ4n) is 2.22. The molecule has 0 aromatic carbocycles. The van der Waals surface area contributed by atoms with Crippen LogP contribution < -0.4 is 5.32 Å². The molecule has 1 fully saturated rings. The van der Waals surface area contributed by atoms with Crippen molar-refractivity contribution in [2.24, 2.45) is 5.92 Å². The Morgan fingerprint density at radius 3 is 2.65 bits per heavy atom. The number of hydrogen-bond donors (Lipinski definition) is 2. The van der Waals surface area contributed by atoms with Crippen LogP contribution in [0, 0.1) is 5.92 Å². The van der Waals surface area contributed by atoms with Crippen LogP contribution in [0.1, 0.15) is 38.5 Å². The fraction of sp³-hybridized carbons (Fsp3) is 0.909. The molecule has 0 amide bonds. The molecule has 0 saturated heterocycles. The first-order valence-corrected chi connectivity index (χ1v) is 5.91. The zero-order valence-corrected chi connectivity index (χ0v) is 9.59. The Labute approximate surface area is 98.4 Å². The summed E-state index contributed by atoms with van der Waals surface area (Å²) in [7, 11) is 0. The smallest absolute Gasteiger partial charge is 0.391 e. The third kappa shape index (κ3) is 5.39. The molecular weight excluding hydrogens is 235 g/mol. The lowest BCUT2D eigenvalue weighted by atomic mass is 9.85. The molecule has 17 heavy (non-hydrogen) atoms. The highest BCUT2D eigenvalue weighted by atomic mass is 19.4. The zero-order chi connectivity index (χ0) is 12.9. The highest BCUT2D eigenvalue weighted by molar-refractivity contribution is 5.66. The number of aliphatic carboxylic acids is 1. The molecule has 100 valence electrons. The van der Waals surface area contributed by atoms with Gasteiger partial charge in [-0.2, -0.15) is 13.2 Å². The maximum Gasteiger partial charge on any atom is 0.391 e. The molecule has 2 unspecified atom stereocenters. The van der Waals surface area contributed by atoms with E-state index in [0.29, 0.717) is 19.4 Å². The number of hydrogen-bond acceptors (Lipinski definition) is 2. The first-order chi connectivity index (χ1) is 7.89. The van der Waals surface area contributed by atoms with Gasteiger partial charge in [-0.05, 0) is 32.2 Å². The average molecular weight is 253 g/mol. The van der Waals surface area contributed by atoms with Gasteiger partial charge in [0.05, 0.1) is 5.92 Å². The molecule has 0 radical (unpaired) electrons. The molecule has 2 N–H and O–H groups in total. The van der Waals surface area contributed by atoms with Crippen LogP contribution in [0.3, 0.4) is 0 Å². The van der Waals surface area contributed by atoms with Crippen LogP contribution in [0.2, 0.25) is 0 Å². The number of carboxylic acid groups (broad SMARTS) is 1. The number of alkyl halides is 3. The minimum Gasteiger partial charge on any atom is -0.481 e. The maximum atomic E-state index is 12.5. The van der Waals surface area contributed by atoms with E-state index >= 15 is 0 Å². The fourth-order valence-corrected chi connectivity index (χ4v) is 2.22. The zero-order valence-electron chi connectivity index (χ0n) is 9.59. The van der Waals surface area contributed by atoms with Gasteiger partial charge in [0.15, 0.2) is 0 Å². The molecule has 2 atom stereocenters. The molecule has 1 saturated carbocycles. The van der Waals surface area contributed by atoms with Crippen LogP contribution in [0.15, 0.2) is 0 Å². The van der Waals surface area contributed by atoms with Crippen LogP contribution in [-0.2, 0) is 4.79 Å². The third-order valence-electron chi connectivity index (χ3n) is 3.14. The Morgan fingerprint density at radius 1 is 1.35 bits per heavy atom. The minimum absolute atomic E-state index is 0.0580. The summed E-state index contributed by atoms with van der Waals surface area (Å²) in [6, 6.07) is -0.121. The predicted octanol–water partition coefficient (Wildman–Crippen LogP) is 2.56. The van der Waals surface area contributed by atoms with Gasteiger partial charge in [0.2, 0.25) is 0 Å². The molecule has 1 aliphatic rings. The third-order valence-corrected chi connectivity index (χ3v) is 3.14. The predicted molar refractivity (Wildman–Crippen MR) is 56.7 cm³/mol. The molecule has 0 heterocycles. The van der Waals surface area contributed by atoms with Crippen LogP contribution in [0.25, 0.3) is 0 Å². The normalized spacial score (nSPS) is 25.8. The van der Waals surface area contributed by atoms with Gasteiger partial charge in [-0.15, -0.1) is 0 Å². The topological polar surface area (TPSA) is 49.3 Å². The Kier molecular flexibility index (Phi) is 5.24. The molecule has 0 spiro atoms. The Hall–Kier alpha value is -0.780. The van der Waals surface area contributed by atoms with E-state index < -0.39 is 18.1 Å². The summed E-state index contributed by atoms with van der Waals surface area (Å²) in [4.78, 5) is 10.3. The van der Waals surface area contributed by atoms with Gasteiger partial charge in [-0.3, -0.25) is 4.79 Å². The molecule has 1 aliphatic carbocycles. The van der Waals surface area contributed by atoms with E-state index in [-0.39, 0.29) is 25.3 Å². The summed E-state index contributed by atoms with van der Waals surface area (Å²) in [5.41, 5.74) is 0. The summed E-state index contributed by atoms with van der Waals surface area (Å²) in [5, 5.41) is 11.4. The molecule has 0 bridgehead atoms. The van der Waals surface area contributed by atoms with Gasteiger partial charge in [-0.1, -0.05) is 6.42 Å². The van der Waals surface area contributed by atoms with Crippen molar-refractivity contribution >= 4 is 5.97 Å². The summed E-state index contributed by atoms with van der Waals surface area (Å²) < 4.78 is 37.5. The van der Waals surface area contributed by atoms with Crippen molar-refractivity contribution in [3.63, 3.8) is 0 Å². The van der Waals surface area contributed by atoms with Crippen LogP contribution in [-0.4, -0.2) is 29.8 Å². The second-order valence-electron chi connectivity index (χ2n) is 4.55. The van der Waals surface area contributed by atoms with Crippen molar-refractivity contribution in [2.75, 3.05) is 6.54 Å². The van der Waals surface area contributed by atoms with Crippen molar-refractivity contribution in [1.29, 1.82) is 0 Å². The molecule has 1 rings (SSSR count). The minimum atomic E-state index is -4.10. The van der Waals surface area contributed by atoms with E-state index in [1.807, 2.05) is 0 Å². The monoisotopic (exact) mass is 253 g/mol. The first-order valence-electron chi connectivity index (χ1n) is 5.91. The van der Waals surface area contributed by atoms with E-state index in [9.17, 15) is 18.0 Å². The van der Waals surface area contributed by atoms with E-state index in [1.54, 1.807) is 0 Å². The molecule has 3 nitrogen and oxygen atoms in total. The Bertz CT molecular complexity index is 256. The Balaban J connectivity index is 2.23. The number of carboxylic acids is 1. The highest BCUT2D eigenvalue weighted by Crippen LogP contribution is 2.37. The van der Waals surface area contributed by atoms with E-state index in [2.05, 4.69) is 5.32 Å². The lowest BCUT2D eigenvalue weighted by molar-refractivity contribution is -0.183. The lowest BCUT2D eigenvalue weighted by Crippen LogP contribution is -2.39. The SMILES string of the molecule is O=C(O)CCCNC1CCCC(C(F)(F)F)C1. The van der Waals surface area contributed by atoms with Gasteiger partial charge in [-0.25, -0.2) is 0 Å². The van der Waals surface area contributed by atoms with Crippen molar-refractivity contribution in [2.45, 2.75) is 50.7 Å². The highest BCUT2D eigenvalue weighted by Gasteiger charge is 2.41. The number of rotatable bonds is 5. The second kappa shape index (κ2) is 6.23. The van der Waals surface area contributed by atoms with Gasteiger partial charge in [0.25, 0.3) is 0 Å². The number of carbonyl (C=O) groups is 1. The summed E-state index contributed by atoms with van der Waals surface area (Å²) >= 11 is 0. The first kappa shape index (κ1) is 14.3. The molecule has 6 heteroatoms. The van der Waals surface area contributed by atoms with E-state index in [1.165, 1.54) is 0 Å². The average Bonchev–Trinajstić information content (AvgIpc) is 2.23. The molecule has 0 aromatic rings. The van der Waals surface area contributed by atoms with Crippen molar-refractivity contribution in [1.82, 2.24) is 5.32 Å². The summed E-state index contributed by atoms with van der Waals surface area (Å²) in [5.74, 6) is -2.07. The van der Waals surface area contributed by atoms with Crippen LogP contribution in [0.4, 0.5) is 13.2 Å².